The molecule has 7 heteroatoms. The highest BCUT2D eigenvalue weighted by atomic mass is 19.4. The zero-order valence-corrected chi connectivity index (χ0v) is 12.7. The van der Waals surface area contributed by atoms with Crippen LogP contribution in [0.3, 0.4) is 0 Å². The molecule has 0 spiro atoms. The Morgan fingerprint density at radius 1 is 1.30 bits per heavy atom. The molecule has 1 amide bonds. The summed E-state index contributed by atoms with van der Waals surface area (Å²) in [5, 5.41) is 2.64. The Bertz CT molecular complexity index is 516. The van der Waals surface area contributed by atoms with E-state index in [-0.39, 0.29) is 18.3 Å². The van der Waals surface area contributed by atoms with E-state index >= 15 is 0 Å². The lowest BCUT2D eigenvalue weighted by atomic mass is 10.2. The zero-order valence-electron chi connectivity index (χ0n) is 12.7. The second-order valence-electron chi connectivity index (χ2n) is 5.54. The van der Waals surface area contributed by atoms with Gasteiger partial charge in [0.2, 0.25) is 0 Å². The van der Waals surface area contributed by atoms with E-state index in [1.165, 1.54) is 25.0 Å². The fourth-order valence-electron chi connectivity index (χ4n) is 1.90. The predicted octanol–water partition coefficient (Wildman–Crippen LogP) is 3.02. The van der Waals surface area contributed by atoms with Crippen molar-refractivity contribution in [3.05, 3.63) is 29.8 Å². The maximum absolute atomic E-state index is 12.5. The van der Waals surface area contributed by atoms with Gasteiger partial charge in [-0.15, -0.1) is 0 Å². The number of halogens is 3. The first kappa shape index (κ1) is 17.6. The molecule has 1 aliphatic carbocycles. The average molecular weight is 331 g/mol. The van der Waals surface area contributed by atoms with Gasteiger partial charge < -0.3 is 14.8 Å². The summed E-state index contributed by atoms with van der Waals surface area (Å²) in [6.45, 7) is 1.51. The Balaban J connectivity index is 1.60. The number of amides is 1. The van der Waals surface area contributed by atoms with Crippen molar-refractivity contribution in [1.82, 2.24) is 5.32 Å². The number of hydrogen-bond acceptors (Lipinski definition) is 3. The topological polar surface area (TPSA) is 47.6 Å². The molecule has 0 bridgehead atoms. The van der Waals surface area contributed by atoms with Crippen molar-refractivity contribution in [3.8, 4) is 5.75 Å². The molecule has 0 aromatic heterocycles. The first-order valence-corrected chi connectivity index (χ1v) is 7.59. The summed E-state index contributed by atoms with van der Waals surface area (Å²) in [6, 6.07) is 4.45. The molecule has 1 aromatic rings. The lowest BCUT2D eigenvalue weighted by Gasteiger charge is -2.10. The van der Waals surface area contributed by atoms with E-state index in [4.69, 9.17) is 9.47 Å². The zero-order chi connectivity index (χ0) is 16.7. The van der Waals surface area contributed by atoms with Gasteiger partial charge in [0.15, 0.2) is 6.61 Å². The van der Waals surface area contributed by atoms with Crippen LogP contribution in [0.15, 0.2) is 24.3 Å². The molecule has 0 heterocycles. The van der Waals surface area contributed by atoms with Crippen molar-refractivity contribution in [2.75, 3.05) is 26.4 Å². The highest BCUT2D eigenvalue weighted by Crippen LogP contribution is 2.31. The van der Waals surface area contributed by atoms with Gasteiger partial charge in [-0.2, -0.15) is 13.2 Å². The summed E-state index contributed by atoms with van der Waals surface area (Å²) < 4.78 is 48.1. The molecule has 1 saturated carbocycles. The number of carbonyl (C=O) groups excluding carboxylic acids is 1. The Morgan fingerprint density at radius 2 is 2.09 bits per heavy atom. The molecular weight excluding hydrogens is 311 g/mol. The van der Waals surface area contributed by atoms with Crippen molar-refractivity contribution in [2.24, 2.45) is 5.92 Å². The second kappa shape index (κ2) is 8.19. The van der Waals surface area contributed by atoms with Crippen molar-refractivity contribution in [3.63, 3.8) is 0 Å². The van der Waals surface area contributed by atoms with Crippen LogP contribution >= 0.6 is 0 Å². The van der Waals surface area contributed by atoms with E-state index < -0.39 is 11.7 Å². The number of ether oxygens (including phenoxy) is 2. The van der Waals surface area contributed by atoms with E-state index in [0.29, 0.717) is 25.5 Å². The van der Waals surface area contributed by atoms with Crippen LogP contribution < -0.4 is 10.1 Å². The molecule has 0 aliphatic heterocycles. The van der Waals surface area contributed by atoms with Crippen LogP contribution in [0.5, 0.6) is 5.75 Å². The third kappa shape index (κ3) is 6.90. The molecule has 1 aromatic carbocycles. The molecule has 0 radical (unpaired) electrons. The Morgan fingerprint density at radius 3 is 2.78 bits per heavy atom. The minimum atomic E-state index is -4.43. The molecule has 1 fully saturated rings. The molecule has 0 atom stereocenters. The standard InChI is InChI=1S/C16H20F3NO3/c17-16(18,19)13-3-1-4-14(9-13)23-11-15(21)20-7-2-8-22-10-12-5-6-12/h1,3-4,9,12H,2,5-8,10-11H2,(H,20,21). The molecule has 1 N–H and O–H groups in total. The van der Waals surface area contributed by atoms with Gasteiger partial charge in [0.25, 0.3) is 5.91 Å². The molecule has 1 aliphatic rings. The Hall–Kier alpha value is -1.76. The first-order valence-electron chi connectivity index (χ1n) is 7.59. The van der Waals surface area contributed by atoms with Crippen LogP contribution in [0.1, 0.15) is 24.8 Å². The van der Waals surface area contributed by atoms with Gasteiger partial charge in [-0.3, -0.25) is 4.79 Å². The lowest BCUT2D eigenvalue weighted by Crippen LogP contribution is -2.30. The van der Waals surface area contributed by atoms with E-state index in [1.54, 1.807) is 0 Å². The van der Waals surface area contributed by atoms with Crippen LogP contribution in [-0.4, -0.2) is 32.3 Å². The van der Waals surface area contributed by atoms with Gasteiger partial charge in [0.1, 0.15) is 5.75 Å². The van der Waals surface area contributed by atoms with Gasteiger partial charge in [-0.05, 0) is 43.4 Å². The Labute approximate surface area is 133 Å². The second-order valence-corrected chi connectivity index (χ2v) is 5.54. The van der Waals surface area contributed by atoms with Crippen molar-refractivity contribution in [1.29, 1.82) is 0 Å². The number of alkyl halides is 3. The quantitative estimate of drug-likeness (QED) is 0.708. The molecule has 2 rings (SSSR count). The molecule has 128 valence electrons. The molecular formula is C16H20F3NO3. The van der Waals surface area contributed by atoms with Crippen LogP contribution in [0.4, 0.5) is 13.2 Å². The van der Waals surface area contributed by atoms with Crippen LogP contribution in [0.2, 0.25) is 0 Å². The summed E-state index contributed by atoms with van der Waals surface area (Å²) in [6.07, 6.45) is -1.25. The summed E-state index contributed by atoms with van der Waals surface area (Å²) >= 11 is 0. The van der Waals surface area contributed by atoms with Crippen molar-refractivity contribution < 1.29 is 27.4 Å². The monoisotopic (exact) mass is 331 g/mol. The van der Waals surface area contributed by atoms with Gasteiger partial charge in [-0.1, -0.05) is 6.07 Å². The Kier molecular flexibility index (Phi) is 6.27. The van der Waals surface area contributed by atoms with E-state index in [1.807, 2.05) is 0 Å². The number of carbonyl (C=O) groups is 1. The molecule has 23 heavy (non-hydrogen) atoms. The highest BCUT2D eigenvalue weighted by Gasteiger charge is 2.30. The summed E-state index contributed by atoms with van der Waals surface area (Å²) in [4.78, 5) is 11.5. The third-order valence-corrected chi connectivity index (χ3v) is 3.37. The molecule has 4 nitrogen and oxygen atoms in total. The number of rotatable bonds is 9. The largest absolute Gasteiger partial charge is 0.484 e. The fraction of sp³-hybridized carbons (Fsp3) is 0.562. The minimum absolute atomic E-state index is 0.0164. The number of hydrogen-bond donors (Lipinski definition) is 1. The SMILES string of the molecule is O=C(COc1cccc(C(F)(F)F)c1)NCCCOCC1CC1. The van der Waals surface area contributed by atoms with Crippen LogP contribution in [0, 0.1) is 5.92 Å². The predicted molar refractivity (Wildman–Crippen MR) is 78.1 cm³/mol. The maximum Gasteiger partial charge on any atom is 0.416 e. The lowest BCUT2D eigenvalue weighted by molar-refractivity contribution is -0.137. The van der Waals surface area contributed by atoms with E-state index in [9.17, 15) is 18.0 Å². The fourth-order valence-corrected chi connectivity index (χ4v) is 1.90. The molecule has 0 unspecified atom stereocenters. The molecule has 0 saturated heterocycles. The van der Waals surface area contributed by atoms with Crippen LogP contribution in [-0.2, 0) is 15.7 Å². The number of benzene rings is 1. The maximum atomic E-state index is 12.5. The normalized spacial score (nSPS) is 14.6. The number of nitrogens with one attached hydrogen (secondary N) is 1. The van der Waals surface area contributed by atoms with Crippen molar-refractivity contribution >= 4 is 5.91 Å². The van der Waals surface area contributed by atoms with E-state index in [2.05, 4.69) is 5.32 Å². The summed E-state index contributed by atoms with van der Waals surface area (Å²) in [5.74, 6) is 0.359. The minimum Gasteiger partial charge on any atom is -0.484 e. The van der Waals surface area contributed by atoms with Crippen LogP contribution in [0.25, 0.3) is 0 Å². The van der Waals surface area contributed by atoms with Gasteiger partial charge >= 0.3 is 6.18 Å². The summed E-state index contributed by atoms with van der Waals surface area (Å²) in [5.41, 5.74) is -0.803. The smallest absolute Gasteiger partial charge is 0.416 e. The summed E-state index contributed by atoms with van der Waals surface area (Å²) in [7, 11) is 0. The van der Waals surface area contributed by atoms with Crippen molar-refractivity contribution in [2.45, 2.75) is 25.4 Å². The van der Waals surface area contributed by atoms with Gasteiger partial charge in [0, 0.05) is 19.8 Å². The highest BCUT2D eigenvalue weighted by molar-refractivity contribution is 5.77. The van der Waals surface area contributed by atoms with Gasteiger partial charge in [0.05, 0.1) is 5.56 Å². The third-order valence-electron chi connectivity index (χ3n) is 3.37. The first-order chi connectivity index (χ1) is 10.9. The van der Waals surface area contributed by atoms with Gasteiger partial charge in [-0.25, -0.2) is 0 Å². The average Bonchev–Trinajstić information content (AvgIpc) is 3.32. The van der Waals surface area contributed by atoms with E-state index in [0.717, 1.165) is 18.7 Å².